The van der Waals surface area contributed by atoms with Gasteiger partial charge in [0.2, 0.25) is 0 Å². The van der Waals surface area contributed by atoms with E-state index in [0.717, 1.165) is 12.0 Å². The van der Waals surface area contributed by atoms with Crippen molar-refractivity contribution < 1.29 is 13.2 Å². The van der Waals surface area contributed by atoms with Crippen molar-refractivity contribution in [1.82, 2.24) is 24.2 Å². The molecule has 3 aromatic rings. The van der Waals surface area contributed by atoms with Crippen LogP contribution in [0, 0.1) is 0 Å². The summed E-state index contributed by atoms with van der Waals surface area (Å²) in [5.41, 5.74) is 2.13. The van der Waals surface area contributed by atoms with Crippen LogP contribution >= 0.6 is 0 Å². The van der Waals surface area contributed by atoms with Crippen molar-refractivity contribution in [3.05, 3.63) is 78.0 Å². The molecule has 1 aromatic carbocycles. The number of hydrogen-bond acceptors (Lipinski definition) is 5. The van der Waals surface area contributed by atoms with Crippen LogP contribution in [0.25, 0.3) is 0 Å². The molecule has 31 heavy (non-hydrogen) atoms. The van der Waals surface area contributed by atoms with Crippen molar-refractivity contribution in [2.45, 2.75) is 30.3 Å². The molecule has 1 aliphatic rings. The lowest BCUT2D eigenvalue weighted by molar-refractivity contribution is 0.0948. The van der Waals surface area contributed by atoms with Gasteiger partial charge in [0.05, 0.1) is 17.6 Å². The van der Waals surface area contributed by atoms with Crippen molar-refractivity contribution in [1.29, 1.82) is 0 Å². The van der Waals surface area contributed by atoms with Crippen LogP contribution in [0.5, 0.6) is 0 Å². The zero-order chi connectivity index (χ0) is 21.8. The number of benzene rings is 1. The first kappa shape index (κ1) is 21.2. The molecule has 4 rings (SSSR count). The third-order valence-corrected chi connectivity index (χ3v) is 7.19. The van der Waals surface area contributed by atoms with E-state index in [1.807, 2.05) is 30.3 Å². The Morgan fingerprint density at radius 2 is 1.97 bits per heavy atom. The molecule has 1 N–H and O–H groups in total. The van der Waals surface area contributed by atoms with Crippen molar-refractivity contribution in [2.75, 3.05) is 13.1 Å². The standard InChI is InChI=1S/C22H25N5O3S/c1-26-15-20(25-16-26)31(29,30)27-12-6-9-18(14-27)21-19(10-5-11-23-21)22(28)24-13-17-7-3-2-4-8-17/h2-5,7-8,10-11,15-16,18H,6,9,12-14H2,1H3,(H,24,28)/t18-/m1/s1. The molecule has 0 radical (unpaired) electrons. The summed E-state index contributed by atoms with van der Waals surface area (Å²) < 4.78 is 29.1. The van der Waals surface area contributed by atoms with E-state index in [-0.39, 0.29) is 23.4 Å². The zero-order valence-corrected chi connectivity index (χ0v) is 18.1. The molecule has 1 amide bonds. The van der Waals surface area contributed by atoms with E-state index in [9.17, 15) is 13.2 Å². The van der Waals surface area contributed by atoms with E-state index in [0.29, 0.717) is 30.8 Å². The summed E-state index contributed by atoms with van der Waals surface area (Å²) in [6, 6.07) is 13.2. The SMILES string of the molecule is Cn1cnc(S(=O)(=O)N2CCC[C@@H](c3ncccc3C(=O)NCc3ccccc3)C2)c1. The summed E-state index contributed by atoms with van der Waals surface area (Å²) >= 11 is 0. The summed E-state index contributed by atoms with van der Waals surface area (Å²) in [7, 11) is -1.95. The second kappa shape index (κ2) is 8.99. The lowest BCUT2D eigenvalue weighted by Gasteiger charge is -2.31. The molecule has 0 aliphatic carbocycles. The maximum Gasteiger partial charge on any atom is 0.262 e. The van der Waals surface area contributed by atoms with Gasteiger partial charge in [-0.05, 0) is 30.5 Å². The number of imidazole rings is 1. The smallest absolute Gasteiger partial charge is 0.262 e. The Kier molecular flexibility index (Phi) is 6.15. The van der Waals surface area contributed by atoms with E-state index in [4.69, 9.17) is 0 Å². The van der Waals surface area contributed by atoms with E-state index in [2.05, 4.69) is 15.3 Å². The number of piperidine rings is 1. The van der Waals surface area contributed by atoms with E-state index >= 15 is 0 Å². The number of amides is 1. The van der Waals surface area contributed by atoms with E-state index < -0.39 is 10.0 Å². The minimum Gasteiger partial charge on any atom is -0.348 e. The van der Waals surface area contributed by atoms with Gasteiger partial charge in [-0.1, -0.05) is 30.3 Å². The lowest BCUT2D eigenvalue weighted by atomic mass is 9.92. The van der Waals surface area contributed by atoms with Crippen LogP contribution in [0.1, 0.15) is 40.4 Å². The summed E-state index contributed by atoms with van der Waals surface area (Å²) in [6.45, 7) is 1.12. The number of nitrogens with zero attached hydrogens (tertiary/aromatic N) is 4. The topological polar surface area (TPSA) is 97.2 Å². The maximum atomic E-state index is 13.0. The summed E-state index contributed by atoms with van der Waals surface area (Å²) in [5, 5.41) is 2.98. The first-order chi connectivity index (χ1) is 14.9. The Bertz CT molecular complexity index is 1160. The van der Waals surface area contributed by atoms with Gasteiger partial charge in [0, 0.05) is 45.0 Å². The van der Waals surface area contributed by atoms with Gasteiger partial charge in [0.15, 0.2) is 5.03 Å². The first-order valence-corrected chi connectivity index (χ1v) is 11.6. The highest BCUT2D eigenvalue weighted by atomic mass is 32.2. The molecule has 1 fully saturated rings. The van der Waals surface area contributed by atoms with Crippen LogP contribution in [-0.2, 0) is 23.6 Å². The molecular weight excluding hydrogens is 414 g/mol. The van der Waals surface area contributed by atoms with Gasteiger partial charge >= 0.3 is 0 Å². The van der Waals surface area contributed by atoms with Gasteiger partial charge < -0.3 is 9.88 Å². The quantitative estimate of drug-likeness (QED) is 0.636. The van der Waals surface area contributed by atoms with Crippen LogP contribution < -0.4 is 5.32 Å². The number of rotatable bonds is 6. The highest BCUT2D eigenvalue weighted by molar-refractivity contribution is 7.89. The van der Waals surface area contributed by atoms with Gasteiger partial charge in [-0.25, -0.2) is 13.4 Å². The number of sulfonamides is 1. The Morgan fingerprint density at radius 1 is 1.16 bits per heavy atom. The highest BCUT2D eigenvalue weighted by Crippen LogP contribution is 2.30. The second-order valence-corrected chi connectivity index (χ2v) is 9.57. The Balaban J connectivity index is 1.52. The van der Waals surface area contributed by atoms with Crippen LogP contribution in [0.2, 0.25) is 0 Å². The van der Waals surface area contributed by atoms with Crippen LogP contribution in [0.15, 0.2) is 66.2 Å². The van der Waals surface area contributed by atoms with Gasteiger partial charge in [-0.3, -0.25) is 9.78 Å². The predicted molar refractivity (Wildman–Crippen MR) is 116 cm³/mol. The lowest BCUT2D eigenvalue weighted by Crippen LogP contribution is -2.40. The fourth-order valence-corrected chi connectivity index (χ4v) is 5.34. The van der Waals surface area contributed by atoms with Crippen molar-refractivity contribution in [2.24, 2.45) is 7.05 Å². The maximum absolute atomic E-state index is 13.0. The number of carbonyl (C=O) groups excluding carboxylic acids is 1. The summed E-state index contributed by atoms with van der Waals surface area (Å²) in [6.07, 6.45) is 6.09. The monoisotopic (exact) mass is 439 g/mol. The molecule has 9 heteroatoms. The number of nitrogens with one attached hydrogen (secondary N) is 1. The molecule has 162 valence electrons. The number of pyridine rings is 1. The summed E-state index contributed by atoms with van der Waals surface area (Å²) in [4.78, 5) is 21.4. The molecule has 8 nitrogen and oxygen atoms in total. The Morgan fingerprint density at radius 3 is 2.71 bits per heavy atom. The molecular formula is C22H25N5O3S. The van der Waals surface area contributed by atoms with Crippen LogP contribution in [0.4, 0.5) is 0 Å². The number of hydrogen-bond donors (Lipinski definition) is 1. The van der Waals surface area contributed by atoms with Gasteiger partial charge in [-0.15, -0.1) is 0 Å². The Hall–Kier alpha value is -3.04. The van der Waals surface area contributed by atoms with Crippen LogP contribution in [-0.4, -0.2) is 46.3 Å². The molecule has 1 atom stereocenters. The average molecular weight is 440 g/mol. The second-order valence-electron chi connectivity index (χ2n) is 7.68. The molecule has 0 spiro atoms. The third-order valence-electron chi connectivity index (χ3n) is 5.44. The normalized spacial score (nSPS) is 17.4. The molecule has 0 saturated carbocycles. The number of carbonyl (C=O) groups is 1. The molecule has 3 heterocycles. The van der Waals surface area contributed by atoms with E-state index in [1.54, 1.807) is 29.9 Å². The Labute approximate surface area is 182 Å². The predicted octanol–water partition coefficient (Wildman–Crippen LogP) is 2.31. The molecule has 1 saturated heterocycles. The number of aromatic nitrogens is 3. The minimum absolute atomic E-state index is 0.0394. The molecule has 2 aromatic heterocycles. The van der Waals surface area contributed by atoms with Crippen LogP contribution in [0.3, 0.4) is 0 Å². The van der Waals surface area contributed by atoms with Gasteiger partial charge in [-0.2, -0.15) is 4.31 Å². The minimum atomic E-state index is -3.69. The third kappa shape index (κ3) is 4.67. The van der Waals surface area contributed by atoms with Crippen molar-refractivity contribution in [3.8, 4) is 0 Å². The molecule has 0 bridgehead atoms. The fraction of sp³-hybridized carbons (Fsp3) is 0.318. The van der Waals surface area contributed by atoms with Gasteiger partial charge in [0.25, 0.3) is 15.9 Å². The summed E-state index contributed by atoms with van der Waals surface area (Å²) in [5.74, 6) is -0.373. The van der Waals surface area contributed by atoms with Crippen molar-refractivity contribution in [3.63, 3.8) is 0 Å². The largest absolute Gasteiger partial charge is 0.348 e. The van der Waals surface area contributed by atoms with E-state index in [1.165, 1.54) is 16.8 Å². The first-order valence-electron chi connectivity index (χ1n) is 10.2. The highest BCUT2D eigenvalue weighted by Gasteiger charge is 2.34. The number of aryl methyl sites for hydroxylation is 1. The molecule has 0 unspecified atom stereocenters. The zero-order valence-electron chi connectivity index (χ0n) is 17.3. The van der Waals surface area contributed by atoms with Gasteiger partial charge in [0.1, 0.15) is 0 Å². The molecule has 1 aliphatic heterocycles. The fourth-order valence-electron chi connectivity index (χ4n) is 3.85. The average Bonchev–Trinajstić information content (AvgIpc) is 3.25. The van der Waals surface area contributed by atoms with Crippen molar-refractivity contribution >= 4 is 15.9 Å².